The number of anilines is 1. The minimum atomic E-state index is -0.163. The third kappa shape index (κ3) is 3.90. The number of amidine groups is 1. The Hall–Kier alpha value is -2.02. The summed E-state index contributed by atoms with van der Waals surface area (Å²) in [5.41, 5.74) is 2.91. The van der Waals surface area contributed by atoms with Crippen LogP contribution in [0.4, 0.5) is 5.69 Å². The monoisotopic (exact) mass is 558 g/mol. The van der Waals surface area contributed by atoms with Gasteiger partial charge in [-0.2, -0.15) is 0 Å². The molecule has 0 unspecified atom stereocenters. The molecule has 1 aliphatic rings. The van der Waals surface area contributed by atoms with Crippen molar-refractivity contribution in [3.8, 4) is 0 Å². The fourth-order valence-corrected chi connectivity index (χ4v) is 4.22. The molecule has 6 heteroatoms. The summed E-state index contributed by atoms with van der Waals surface area (Å²) < 4.78 is 2.73. The summed E-state index contributed by atoms with van der Waals surface area (Å²) in [6, 6.07) is 23.2. The maximum absolute atomic E-state index is 13.3. The number of aliphatic imine (C=N–C) groups is 1. The summed E-state index contributed by atoms with van der Waals surface area (Å²) in [5, 5.41) is 0. The lowest BCUT2D eigenvalue weighted by atomic mass is 10.1. The van der Waals surface area contributed by atoms with Gasteiger partial charge < -0.3 is 0 Å². The Morgan fingerprint density at radius 2 is 1.54 bits per heavy atom. The van der Waals surface area contributed by atoms with Crippen molar-refractivity contribution in [1.29, 1.82) is 0 Å². The first-order valence-corrected chi connectivity index (χ1v) is 10.8. The highest BCUT2D eigenvalue weighted by Crippen LogP contribution is 2.31. The van der Waals surface area contributed by atoms with Crippen LogP contribution in [0.2, 0.25) is 0 Å². The number of amides is 1. The van der Waals surface area contributed by atoms with Crippen molar-refractivity contribution in [3.05, 3.63) is 103 Å². The molecule has 0 N–H and O–H groups in total. The van der Waals surface area contributed by atoms with Crippen molar-refractivity contribution in [1.82, 2.24) is 0 Å². The molecule has 3 aromatic rings. The number of hydrogen-bond donors (Lipinski definition) is 0. The molecule has 4 rings (SSSR count). The second-order valence-electron chi connectivity index (χ2n) is 6.12. The van der Waals surface area contributed by atoms with Crippen LogP contribution in [0.1, 0.15) is 11.1 Å². The topological polar surface area (TPSA) is 32.7 Å². The van der Waals surface area contributed by atoms with Crippen LogP contribution in [0.5, 0.6) is 0 Å². The molecular weight excluding hydrogens is 548 g/mol. The van der Waals surface area contributed by atoms with E-state index in [9.17, 15) is 4.79 Å². The molecule has 0 saturated carbocycles. The van der Waals surface area contributed by atoms with Gasteiger partial charge in [0.2, 0.25) is 0 Å². The van der Waals surface area contributed by atoms with Gasteiger partial charge in [-0.3, -0.25) is 9.69 Å². The molecule has 1 amide bonds. The smallest absolute Gasteiger partial charge is 0.266 e. The van der Waals surface area contributed by atoms with E-state index in [0.717, 1.165) is 30.2 Å². The summed E-state index contributed by atoms with van der Waals surface area (Å²) in [7, 11) is 0. The Labute approximate surface area is 188 Å². The van der Waals surface area contributed by atoms with E-state index in [0.29, 0.717) is 11.5 Å². The molecule has 0 bridgehead atoms. The van der Waals surface area contributed by atoms with Crippen molar-refractivity contribution in [3.63, 3.8) is 0 Å². The number of hydrogen-bond acceptors (Lipinski definition) is 2. The zero-order chi connectivity index (χ0) is 19.7. The first-order chi connectivity index (χ1) is 13.5. The summed E-state index contributed by atoms with van der Waals surface area (Å²) in [6.45, 7) is 0. The summed E-state index contributed by atoms with van der Waals surface area (Å²) >= 11 is 10.5. The van der Waals surface area contributed by atoms with Gasteiger partial charge in [0.1, 0.15) is 11.5 Å². The van der Waals surface area contributed by atoms with Crippen LogP contribution in [0.3, 0.4) is 0 Å². The third-order valence-corrected chi connectivity index (χ3v) is 5.87. The fourth-order valence-electron chi connectivity index (χ4n) is 2.95. The number of nitrogens with zero attached hydrogens (tertiary/aromatic N) is 2. The Balaban J connectivity index is 1.87. The number of benzene rings is 3. The number of carbonyl (C=O) groups excluding carboxylic acids is 1. The molecule has 1 aliphatic heterocycles. The molecule has 28 heavy (non-hydrogen) atoms. The molecule has 0 aliphatic carbocycles. The number of rotatable bonds is 3. The zero-order valence-corrected chi connectivity index (χ0v) is 19.2. The van der Waals surface area contributed by atoms with Crippen LogP contribution in [0.15, 0.2) is 96.9 Å². The highest BCUT2D eigenvalue weighted by Gasteiger charge is 2.33. The Morgan fingerprint density at radius 3 is 2.25 bits per heavy atom. The van der Waals surface area contributed by atoms with Crippen LogP contribution < -0.4 is 4.90 Å². The van der Waals surface area contributed by atoms with E-state index in [4.69, 9.17) is 4.99 Å². The molecule has 0 fully saturated rings. The molecule has 3 aromatic carbocycles. The average molecular weight is 561 g/mol. The van der Waals surface area contributed by atoms with Crippen molar-refractivity contribution in [2.24, 2.45) is 4.99 Å². The standard InChI is InChI=1S/C22H13Br3N2O/c23-15-6-3-5-14(11-15)12-20-22(28)27(17-8-4-7-16(24)13-17)21(26-20)18-9-1-2-10-19(18)25/h1-13H/b20-12+. The van der Waals surface area contributed by atoms with Gasteiger partial charge in [0.05, 0.1) is 5.69 Å². The van der Waals surface area contributed by atoms with Gasteiger partial charge in [-0.1, -0.05) is 84.2 Å². The fraction of sp³-hybridized carbons (Fsp3) is 0. The largest absolute Gasteiger partial charge is 0.282 e. The average Bonchev–Trinajstić information content (AvgIpc) is 2.98. The molecule has 0 radical (unpaired) electrons. The van der Waals surface area contributed by atoms with Crippen LogP contribution >= 0.6 is 47.8 Å². The van der Waals surface area contributed by atoms with E-state index in [1.165, 1.54) is 0 Å². The van der Waals surface area contributed by atoms with E-state index in [2.05, 4.69) is 47.8 Å². The summed E-state index contributed by atoms with van der Waals surface area (Å²) in [5.74, 6) is 0.431. The SMILES string of the molecule is O=C1/C(=C\c2cccc(Br)c2)N=C(c2ccccc2Br)N1c1cccc(Br)c1. The molecule has 0 spiro atoms. The second kappa shape index (κ2) is 8.15. The Bertz CT molecular complexity index is 1140. The minimum Gasteiger partial charge on any atom is -0.266 e. The molecular formula is C22H13Br3N2O. The lowest BCUT2D eigenvalue weighted by Crippen LogP contribution is -2.32. The summed E-state index contributed by atoms with van der Waals surface area (Å²) in [4.78, 5) is 19.7. The minimum absolute atomic E-state index is 0.163. The third-order valence-electron chi connectivity index (χ3n) is 4.19. The quantitative estimate of drug-likeness (QED) is 0.324. The predicted molar refractivity (Wildman–Crippen MR) is 124 cm³/mol. The Kier molecular flexibility index (Phi) is 5.62. The van der Waals surface area contributed by atoms with E-state index in [1.54, 1.807) is 4.90 Å². The van der Waals surface area contributed by atoms with E-state index >= 15 is 0 Å². The van der Waals surface area contributed by atoms with Gasteiger partial charge in [-0.05, 0) is 48.0 Å². The van der Waals surface area contributed by atoms with Gasteiger partial charge >= 0.3 is 0 Å². The van der Waals surface area contributed by atoms with E-state index < -0.39 is 0 Å². The van der Waals surface area contributed by atoms with Crippen molar-refractivity contribution in [2.75, 3.05) is 4.90 Å². The Morgan fingerprint density at radius 1 is 0.821 bits per heavy atom. The number of carbonyl (C=O) groups is 1. The van der Waals surface area contributed by atoms with Crippen LogP contribution in [0, 0.1) is 0 Å². The van der Waals surface area contributed by atoms with Crippen molar-refractivity contribution < 1.29 is 4.79 Å². The maximum atomic E-state index is 13.3. The maximum Gasteiger partial charge on any atom is 0.282 e. The lowest BCUT2D eigenvalue weighted by Gasteiger charge is -2.19. The predicted octanol–water partition coefficient (Wildman–Crippen LogP) is 6.81. The van der Waals surface area contributed by atoms with Gasteiger partial charge in [0.15, 0.2) is 0 Å². The van der Waals surface area contributed by atoms with Crippen LogP contribution in [-0.4, -0.2) is 11.7 Å². The highest BCUT2D eigenvalue weighted by molar-refractivity contribution is 9.11. The zero-order valence-electron chi connectivity index (χ0n) is 14.4. The van der Waals surface area contributed by atoms with Crippen molar-refractivity contribution in [2.45, 2.75) is 0 Å². The molecule has 0 saturated heterocycles. The first-order valence-electron chi connectivity index (χ1n) is 8.44. The van der Waals surface area contributed by atoms with E-state index in [1.807, 2.05) is 78.9 Å². The normalized spacial score (nSPS) is 15.2. The van der Waals surface area contributed by atoms with Crippen molar-refractivity contribution >= 4 is 71.3 Å². The summed E-state index contributed by atoms with van der Waals surface area (Å²) in [6.07, 6.45) is 1.81. The second-order valence-corrected chi connectivity index (χ2v) is 8.81. The lowest BCUT2D eigenvalue weighted by molar-refractivity contribution is -0.113. The van der Waals surface area contributed by atoms with Gasteiger partial charge in [0.25, 0.3) is 5.91 Å². The van der Waals surface area contributed by atoms with Crippen LogP contribution in [-0.2, 0) is 4.79 Å². The van der Waals surface area contributed by atoms with Gasteiger partial charge in [0, 0.05) is 19.0 Å². The van der Waals surface area contributed by atoms with Gasteiger partial charge in [-0.25, -0.2) is 4.99 Å². The number of halogens is 3. The molecule has 0 aromatic heterocycles. The molecule has 0 atom stereocenters. The first kappa shape index (κ1) is 19.3. The van der Waals surface area contributed by atoms with Crippen LogP contribution in [0.25, 0.3) is 6.08 Å². The van der Waals surface area contributed by atoms with Gasteiger partial charge in [-0.15, -0.1) is 0 Å². The molecule has 3 nitrogen and oxygen atoms in total. The highest BCUT2D eigenvalue weighted by atomic mass is 79.9. The van der Waals surface area contributed by atoms with E-state index in [-0.39, 0.29) is 5.91 Å². The molecule has 1 heterocycles. The molecule has 138 valence electrons.